The van der Waals surface area contributed by atoms with Crippen molar-refractivity contribution in [3.05, 3.63) is 35.9 Å². The second-order valence-electron chi connectivity index (χ2n) is 5.85. The number of hydrogen-bond donors (Lipinski definition) is 1. The van der Waals surface area contributed by atoms with E-state index in [1.165, 1.54) is 12.0 Å². The Balaban J connectivity index is 1.76. The van der Waals surface area contributed by atoms with Gasteiger partial charge in [0.2, 0.25) is 0 Å². The Morgan fingerprint density at radius 2 is 1.95 bits per heavy atom. The third-order valence-electron chi connectivity index (χ3n) is 4.24. The van der Waals surface area contributed by atoms with Crippen LogP contribution in [0.1, 0.15) is 18.4 Å². The van der Waals surface area contributed by atoms with Gasteiger partial charge in [-0.1, -0.05) is 30.3 Å². The van der Waals surface area contributed by atoms with Crippen LogP contribution >= 0.6 is 0 Å². The van der Waals surface area contributed by atoms with Crippen LogP contribution in [0.2, 0.25) is 0 Å². The van der Waals surface area contributed by atoms with Gasteiger partial charge in [-0.05, 0) is 38.9 Å². The maximum atomic E-state index is 6.40. The van der Waals surface area contributed by atoms with Crippen LogP contribution in [0.15, 0.2) is 30.3 Å². The second-order valence-corrected chi connectivity index (χ2v) is 5.85. The van der Waals surface area contributed by atoms with Crippen LogP contribution in [0.25, 0.3) is 0 Å². The molecule has 1 aliphatic rings. The first-order valence-electron chi connectivity index (χ1n) is 7.35. The first-order valence-corrected chi connectivity index (χ1v) is 7.35. The molecular formula is C16H27N3. The van der Waals surface area contributed by atoms with Gasteiger partial charge in [0.05, 0.1) is 0 Å². The molecule has 1 aliphatic heterocycles. The Labute approximate surface area is 117 Å². The van der Waals surface area contributed by atoms with Gasteiger partial charge in [-0.15, -0.1) is 0 Å². The minimum absolute atomic E-state index is 0.288. The van der Waals surface area contributed by atoms with Crippen molar-refractivity contribution in [2.45, 2.75) is 31.3 Å². The van der Waals surface area contributed by atoms with E-state index >= 15 is 0 Å². The molecule has 3 heteroatoms. The predicted molar refractivity (Wildman–Crippen MR) is 81.3 cm³/mol. The summed E-state index contributed by atoms with van der Waals surface area (Å²) in [4.78, 5) is 4.81. The molecule has 0 spiro atoms. The largest absolute Gasteiger partial charge is 0.326 e. The minimum atomic E-state index is 0.288. The van der Waals surface area contributed by atoms with Crippen molar-refractivity contribution in [3.63, 3.8) is 0 Å². The zero-order valence-corrected chi connectivity index (χ0v) is 12.3. The van der Waals surface area contributed by atoms with Gasteiger partial charge in [-0.2, -0.15) is 0 Å². The number of likely N-dealkylation sites (N-methyl/N-ethyl adjacent to an activating group) is 2. The van der Waals surface area contributed by atoms with Crippen LogP contribution in [0.4, 0.5) is 0 Å². The Morgan fingerprint density at radius 3 is 2.68 bits per heavy atom. The molecule has 1 aromatic carbocycles. The molecule has 1 heterocycles. The highest BCUT2D eigenvalue weighted by molar-refractivity contribution is 5.14. The fourth-order valence-electron chi connectivity index (χ4n) is 2.89. The second kappa shape index (κ2) is 7.04. The lowest BCUT2D eigenvalue weighted by Gasteiger charge is -2.40. The van der Waals surface area contributed by atoms with E-state index in [1.807, 2.05) is 0 Å². The van der Waals surface area contributed by atoms with Crippen molar-refractivity contribution >= 4 is 0 Å². The molecule has 2 unspecified atom stereocenters. The lowest BCUT2D eigenvalue weighted by molar-refractivity contribution is 0.0948. The number of piperazine rings is 1. The lowest BCUT2D eigenvalue weighted by Crippen LogP contribution is -2.57. The van der Waals surface area contributed by atoms with E-state index in [2.05, 4.69) is 54.2 Å². The predicted octanol–water partition coefficient (Wildman–Crippen LogP) is 1.58. The highest BCUT2D eigenvalue weighted by Crippen LogP contribution is 2.14. The molecule has 3 nitrogen and oxygen atoms in total. The monoisotopic (exact) mass is 261 g/mol. The average molecular weight is 261 g/mol. The summed E-state index contributed by atoms with van der Waals surface area (Å²) in [5, 5.41) is 0. The lowest BCUT2D eigenvalue weighted by atomic mass is 9.98. The van der Waals surface area contributed by atoms with Gasteiger partial charge >= 0.3 is 0 Å². The van der Waals surface area contributed by atoms with E-state index in [0.29, 0.717) is 6.04 Å². The zero-order valence-electron chi connectivity index (χ0n) is 12.3. The summed E-state index contributed by atoms with van der Waals surface area (Å²) < 4.78 is 0. The molecule has 1 aromatic rings. The Hall–Kier alpha value is -0.900. The number of nitrogens with zero attached hydrogens (tertiary/aromatic N) is 2. The van der Waals surface area contributed by atoms with Crippen LogP contribution in [-0.2, 0) is 6.42 Å². The van der Waals surface area contributed by atoms with Gasteiger partial charge in [0.1, 0.15) is 0 Å². The standard InChI is InChI=1S/C16H27N3/c1-18-11-12-19(2)16(13-18)15(17)10-6-9-14-7-4-3-5-8-14/h3-5,7-8,15-16H,6,9-13,17H2,1-2H3. The van der Waals surface area contributed by atoms with Crippen molar-refractivity contribution in [2.75, 3.05) is 33.7 Å². The van der Waals surface area contributed by atoms with Crippen molar-refractivity contribution in [2.24, 2.45) is 5.73 Å². The summed E-state index contributed by atoms with van der Waals surface area (Å²) in [6, 6.07) is 11.5. The molecule has 0 radical (unpaired) electrons. The summed E-state index contributed by atoms with van der Waals surface area (Å²) in [6.07, 6.45) is 3.43. The topological polar surface area (TPSA) is 32.5 Å². The quantitative estimate of drug-likeness (QED) is 0.873. The summed E-state index contributed by atoms with van der Waals surface area (Å²) in [7, 11) is 4.39. The van der Waals surface area contributed by atoms with Crippen LogP contribution in [0.3, 0.4) is 0 Å². The third kappa shape index (κ3) is 4.30. The van der Waals surface area contributed by atoms with E-state index in [0.717, 1.165) is 32.5 Å². The van der Waals surface area contributed by atoms with E-state index < -0.39 is 0 Å². The third-order valence-corrected chi connectivity index (χ3v) is 4.24. The normalized spacial score (nSPS) is 23.4. The maximum absolute atomic E-state index is 6.40. The molecule has 1 fully saturated rings. The number of rotatable bonds is 5. The van der Waals surface area contributed by atoms with Gasteiger partial charge in [-0.25, -0.2) is 0 Å². The number of nitrogens with two attached hydrogens (primary N) is 1. The number of benzene rings is 1. The Bertz CT molecular complexity index is 366. The van der Waals surface area contributed by atoms with Crippen molar-refractivity contribution in [1.82, 2.24) is 9.80 Å². The molecular weight excluding hydrogens is 234 g/mol. The molecule has 0 aromatic heterocycles. The molecule has 2 rings (SSSR count). The van der Waals surface area contributed by atoms with Crippen LogP contribution in [0, 0.1) is 0 Å². The van der Waals surface area contributed by atoms with Crippen molar-refractivity contribution < 1.29 is 0 Å². The minimum Gasteiger partial charge on any atom is -0.326 e. The van der Waals surface area contributed by atoms with Gasteiger partial charge in [0, 0.05) is 31.7 Å². The van der Waals surface area contributed by atoms with Gasteiger partial charge < -0.3 is 10.6 Å². The van der Waals surface area contributed by atoms with Crippen molar-refractivity contribution in [1.29, 1.82) is 0 Å². The molecule has 106 valence electrons. The maximum Gasteiger partial charge on any atom is 0.0371 e. The Kier molecular flexibility index (Phi) is 5.37. The van der Waals surface area contributed by atoms with Crippen LogP contribution < -0.4 is 5.73 Å². The first kappa shape index (κ1) is 14.5. The summed E-state index contributed by atoms with van der Waals surface area (Å²) >= 11 is 0. The summed E-state index contributed by atoms with van der Waals surface area (Å²) in [6.45, 7) is 3.39. The number of aryl methyl sites for hydroxylation is 1. The van der Waals surface area contributed by atoms with E-state index in [1.54, 1.807) is 0 Å². The smallest absolute Gasteiger partial charge is 0.0371 e. The zero-order chi connectivity index (χ0) is 13.7. The molecule has 2 N–H and O–H groups in total. The molecule has 0 saturated carbocycles. The summed E-state index contributed by atoms with van der Waals surface area (Å²) in [5.41, 5.74) is 7.82. The van der Waals surface area contributed by atoms with Crippen LogP contribution in [-0.4, -0.2) is 55.6 Å². The molecule has 0 bridgehead atoms. The highest BCUT2D eigenvalue weighted by atomic mass is 15.3. The fraction of sp³-hybridized carbons (Fsp3) is 0.625. The molecule has 2 atom stereocenters. The van der Waals surface area contributed by atoms with E-state index in [9.17, 15) is 0 Å². The summed E-state index contributed by atoms with van der Waals surface area (Å²) in [5.74, 6) is 0. The van der Waals surface area contributed by atoms with Crippen molar-refractivity contribution in [3.8, 4) is 0 Å². The molecule has 19 heavy (non-hydrogen) atoms. The fourth-order valence-corrected chi connectivity index (χ4v) is 2.89. The van der Waals surface area contributed by atoms with Gasteiger partial charge in [0.15, 0.2) is 0 Å². The SMILES string of the molecule is CN1CCN(C)C(C(N)CCCc2ccccc2)C1. The highest BCUT2D eigenvalue weighted by Gasteiger charge is 2.26. The first-order chi connectivity index (χ1) is 9.16. The Morgan fingerprint density at radius 1 is 1.21 bits per heavy atom. The molecule has 0 amide bonds. The number of hydrogen-bond acceptors (Lipinski definition) is 3. The average Bonchev–Trinajstić information content (AvgIpc) is 2.42. The molecule has 0 aliphatic carbocycles. The van der Waals surface area contributed by atoms with E-state index in [4.69, 9.17) is 5.73 Å². The van der Waals surface area contributed by atoms with Gasteiger partial charge in [-0.3, -0.25) is 4.90 Å². The van der Waals surface area contributed by atoms with Gasteiger partial charge in [0.25, 0.3) is 0 Å². The molecule has 1 saturated heterocycles. The van der Waals surface area contributed by atoms with Crippen LogP contribution in [0.5, 0.6) is 0 Å². The van der Waals surface area contributed by atoms with E-state index in [-0.39, 0.29) is 6.04 Å².